The van der Waals surface area contributed by atoms with Gasteiger partial charge in [0.15, 0.2) is 0 Å². The van der Waals surface area contributed by atoms with Gasteiger partial charge in [-0.3, -0.25) is 9.69 Å². The van der Waals surface area contributed by atoms with Gasteiger partial charge in [-0.25, -0.2) is 0 Å². The van der Waals surface area contributed by atoms with E-state index in [0.717, 1.165) is 18.5 Å². The number of rotatable bonds is 2. The Labute approximate surface area is 111 Å². The van der Waals surface area contributed by atoms with Crippen LogP contribution in [0.15, 0.2) is 35.1 Å². The minimum absolute atomic E-state index is 0.0790. The molecule has 0 N–H and O–H groups in total. The first-order valence-electron chi connectivity index (χ1n) is 6.47. The molecule has 0 aliphatic carbocycles. The van der Waals surface area contributed by atoms with Crippen LogP contribution >= 0.6 is 0 Å². The van der Waals surface area contributed by atoms with E-state index in [1.807, 2.05) is 25.1 Å². The highest BCUT2D eigenvalue weighted by Crippen LogP contribution is 2.38. The third-order valence-electron chi connectivity index (χ3n) is 3.48. The van der Waals surface area contributed by atoms with Crippen molar-refractivity contribution < 1.29 is 9.21 Å². The van der Waals surface area contributed by atoms with E-state index in [1.165, 1.54) is 12.0 Å². The molecule has 3 rings (SSSR count). The molecule has 0 radical (unpaired) electrons. The Morgan fingerprint density at radius 2 is 2.32 bits per heavy atom. The summed E-state index contributed by atoms with van der Waals surface area (Å²) in [6.45, 7) is 1.87. The summed E-state index contributed by atoms with van der Waals surface area (Å²) >= 11 is 0. The highest BCUT2D eigenvalue weighted by atomic mass is 16.4. The summed E-state index contributed by atoms with van der Waals surface area (Å²) in [7, 11) is 0. The average Bonchev–Trinajstić information content (AvgIpc) is 2.99. The molecule has 1 aromatic carbocycles. The van der Waals surface area contributed by atoms with Crippen molar-refractivity contribution in [2.24, 2.45) is 0 Å². The Hall–Kier alpha value is -2.17. The van der Waals surface area contributed by atoms with Crippen molar-refractivity contribution in [1.29, 1.82) is 0 Å². The zero-order valence-electron chi connectivity index (χ0n) is 10.7. The van der Waals surface area contributed by atoms with Gasteiger partial charge in [-0.1, -0.05) is 25.1 Å². The fourth-order valence-electron chi connectivity index (χ4n) is 2.59. The zero-order chi connectivity index (χ0) is 13.2. The van der Waals surface area contributed by atoms with Gasteiger partial charge in [0.1, 0.15) is 6.04 Å². The predicted octanol–water partition coefficient (Wildman–Crippen LogP) is 2.50. The quantitative estimate of drug-likeness (QED) is 0.829. The first-order chi connectivity index (χ1) is 9.31. The second kappa shape index (κ2) is 4.84. The van der Waals surface area contributed by atoms with Crippen molar-refractivity contribution in [3.8, 4) is 0 Å². The molecule has 0 spiro atoms. The summed E-state index contributed by atoms with van der Waals surface area (Å²) in [6, 6.07) is 7.84. The maximum absolute atomic E-state index is 12.3. The summed E-state index contributed by atoms with van der Waals surface area (Å²) in [6.07, 6.45) is 3.49. The van der Waals surface area contributed by atoms with Gasteiger partial charge in [-0.15, -0.1) is 10.2 Å². The lowest BCUT2D eigenvalue weighted by Crippen LogP contribution is -2.38. The van der Waals surface area contributed by atoms with Crippen LogP contribution in [0.5, 0.6) is 0 Å². The highest BCUT2D eigenvalue weighted by molar-refractivity contribution is 5.95. The Kier molecular flexibility index (Phi) is 3.03. The van der Waals surface area contributed by atoms with Gasteiger partial charge in [-0.05, 0) is 24.5 Å². The standard InChI is InChI=1S/C14H15N3O2/c1-2-13(18)17-11-6-4-3-5-10(11)7-8-12(17)14-16-15-9-19-14/h3-6,9,12H,2,7-8H2,1H3. The van der Waals surface area contributed by atoms with Crippen LogP contribution in [0.3, 0.4) is 0 Å². The van der Waals surface area contributed by atoms with Gasteiger partial charge in [0.25, 0.3) is 0 Å². The second-order valence-electron chi connectivity index (χ2n) is 4.58. The molecule has 19 heavy (non-hydrogen) atoms. The van der Waals surface area contributed by atoms with Crippen molar-refractivity contribution in [2.75, 3.05) is 4.90 Å². The fraction of sp³-hybridized carbons (Fsp3) is 0.357. The molecule has 2 heterocycles. The van der Waals surface area contributed by atoms with Crippen molar-refractivity contribution in [2.45, 2.75) is 32.2 Å². The van der Waals surface area contributed by atoms with Crippen LogP contribution in [0.1, 0.15) is 37.3 Å². The molecule has 1 aromatic heterocycles. The van der Waals surface area contributed by atoms with Gasteiger partial charge in [0.2, 0.25) is 18.2 Å². The van der Waals surface area contributed by atoms with Crippen LogP contribution in [-0.4, -0.2) is 16.1 Å². The Morgan fingerprint density at radius 3 is 3.05 bits per heavy atom. The third-order valence-corrected chi connectivity index (χ3v) is 3.48. The number of carbonyl (C=O) groups excluding carboxylic acids is 1. The second-order valence-corrected chi connectivity index (χ2v) is 4.58. The third kappa shape index (κ3) is 2.01. The lowest BCUT2D eigenvalue weighted by molar-refractivity contribution is -0.119. The van der Waals surface area contributed by atoms with Gasteiger partial charge in [0.05, 0.1) is 0 Å². The number of nitrogens with zero attached hydrogens (tertiary/aromatic N) is 3. The number of aromatic nitrogens is 2. The smallest absolute Gasteiger partial charge is 0.239 e. The fourth-order valence-corrected chi connectivity index (χ4v) is 2.59. The summed E-state index contributed by atoms with van der Waals surface area (Å²) in [5.74, 6) is 0.589. The van der Waals surface area contributed by atoms with Crippen LogP contribution in [0.25, 0.3) is 0 Å². The van der Waals surface area contributed by atoms with Gasteiger partial charge in [-0.2, -0.15) is 0 Å². The molecule has 1 unspecified atom stereocenters. The van der Waals surface area contributed by atoms with Crippen LogP contribution in [-0.2, 0) is 11.2 Å². The van der Waals surface area contributed by atoms with Crippen LogP contribution in [0, 0.1) is 0 Å². The molecule has 0 bridgehead atoms. The number of hydrogen-bond donors (Lipinski definition) is 0. The van der Waals surface area contributed by atoms with E-state index < -0.39 is 0 Å². The van der Waals surface area contributed by atoms with E-state index in [9.17, 15) is 4.79 Å². The molecule has 2 aromatic rings. The lowest BCUT2D eigenvalue weighted by atomic mass is 9.95. The number of anilines is 1. The lowest BCUT2D eigenvalue weighted by Gasteiger charge is -2.35. The molecule has 5 nitrogen and oxygen atoms in total. The van der Waals surface area contributed by atoms with Gasteiger partial charge < -0.3 is 4.42 Å². The molecule has 1 amide bonds. The number of amides is 1. The number of hydrogen-bond acceptors (Lipinski definition) is 4. The number of fused-ring (bicyclic) bond motifs is 1. The maximum Gasteiger partial charge on any atom is 0.239 e. The molecule has 1 aliphatic rings. The van der Waals surface area contributed by atoms with E-state index in [0.29, 0.717) is 12.3 Å². The summed E-state index contributed by atoms with van der Waals surface area (Å²) < 4.78 is 5.30. The maximum atomic E-state index is 12.3. The van der Waals surface area contributed by atoms with E-state index in [2.05, 4.69) is 16.3 Å². The summed E-state index contributed by atoms with van der Waals surface area (Å²) in [4.78, 5) is 14.1. The van der Waals surface area contributed by atoms with Gasteiger partial charge in [0, 0.05) is 12.1 Å². The number of aryl methyl sites for hydroxylation is 1. The Balaban J connectivity index is 2.06. The van der Waals surface area contributed by atoms with E-state index >= 15 is 0 Å². The van der Waals surface area contributed by atoms with Gasteiger partial charge >= 0.3 is 0 Å². The number of carbonyl (C=O) groups is 1. The Morgan fingerprint density at radius 1 is 1.47 bits per heavy atom. The van der Waals surface area contributed by atoms with Crippen molar-refractivity contribution in [3.05, 3.63) is 42.1 Å². The average molecular weight is 257 g/mol. The summed E-state index contributed by atoms with van der Waals surface area (Å²) in [5, 5.41) is 7.69. The first-order valence-corrected chi connectivity index (χ1v) is 6.47. The SMILES string of the molecule is CCC(=O)N1c2ccccc2CCC1c1nnco1. The van der Waals surface area contributed by atoms with Crippen molar-refractivity contribution in [1.82, 2.24) is 10.2 Å². The number of benzene rings is 1. The highest BCUT2D eigenvalue weighted by Gasteiger charge is 2.33. The molecular formula is C14H15N3O2. The van der Waals surface area contributed by atoms with Crippen LogP contribution < -0.4 is 4.90 Å². The molecule has 5 heteroatoms. The summed E-state index contributed by atoms with van der Waals surface area (Å²) in [5.41, 5.74) is 2.16. The van der Waals surface area contributed by atoms with E-state index in [4.69, 9.17) is 4.42 Å². The minimum Gasteiger partial charge on any atom is -0.426 e. The molecule has 1 aliphatic heterocycles. The van der Waals surface area contributed by atoms with Crippen molar-refractivity contribution >= 4 is 11.6 Å². The molecule has 0 fully saturated rings. The minimum atomic E-state index is -0.148. The van der Waals surface area contributed by atoms with E-state index in [1.54, 1.807) is 4.90 Å². The molecule has 0 saturated heterocycles. The topological polar surface area (TPSA) is 59.2 Å². The van der Waals surface area contributed by atoms with Crippen LogP contribution in [0.4, 0.5) is 5.69 Å². The van der Waals surface area contributed by atoms with Crippen molar-refractivity contribution in [3.63, 3.8) is 0 Å². The zero-order valence-corrected chi connectivity index (χ0v) is 10.7. The monoisotopic (exact) mass is 257 g/mol. The molecule has 1 atom stereocenters. The van der Waals surface area contributed by atoms with Crippen LogP contribution in [0.2, 0.25) is 0 Å². The molecular weight excluding hydrogens is 242 g/mol. The van der Waals surface area contributed by atoms with E-state index in [-0.39, 0.29) is 11.9 Å². The number of para-hydroxylation sites is 1. The predicted molar refractivity (Wildman–Crippen MR) is 69.6 cm³/mol. The Bertz CT molecular complexity index is 580. The molecule has 98 valence electrons. The first kappa shape index (κ1) is 11.9. The molecule has 0 saturated carbocycles. The largest absolute Gasteiger partial charge is 0.426 e. The normalized spacial score (nSPS) is 18.2.